The Bertz CT molecular complexity index is 742. The second kappa shape index (κ2) is 4.75. The first kappa shape index (κ1) is 14.4. The van der Waals surface area contributed by atoms with Crippen LogP contribution in [-0.4, -0.2) is 59.3 Å². The number of imidazole rings is 1. The number of aliphatic hydroxyl groups excluding tert-OH is 2. The molecule has 0 spiro atoms. The van der Waals surface area contributed by atoms with Crippen LogP contribution in [0.1, 0.15) is 13.2 Å². The van der Waals surface area contributed by atoms with Crippen LogP contribution in [0.5, 0.6) is 0 Å². The Kier molecular flexibility index (Phi) is 3.26. The molecule has 0 bridgehead atoms. The SMILES string of the molecule is C[C@@]1(O)[C@H](O)[C@@H](CO)O[C@H]1n1c(Cl)nc2c(=O)[nH]cnc21. The van der Waals surface area contributed by atoms with Crippen molar-refractivity contribution in [3.63, 3.8) is 0 Å². The Balaban J connectivity index is 2.19. The molecular formula is C11H13ClN4O5. The lowest BCUT2D eigenvalue weighted by molar-refractivity contribution is -0.0949. The highest BCUT2D eigenvalue weighted by atomic mass is 35.5. The summed E-state index contributed by atoms with van der Waals surface area (Å²) in [5.41, 5.74) is -2.13. The van der Waals surface area contributed by atoms with Gasteiger partial charge in [-0.15, -0.1) is 0 Å². The number of hydrogen-bond acceptors (Lipinski definition) is 7. The van der Waals surface area contributed by atoms with E-state index in [1.165, 1.54) is 17.8 Å². The molecule has 0 saturated carbocycles. The first-order valence-corrected chi connectivity index (χ1v) is 6.53. The number of fused-ring (bicyclic) bond motifs is 1. The Morgan fingerprint density at radius 3 is 2.95 bits per heavy atom. The molecule has 114 valence electrons. The van der Waals surface area contributed by atoms with Gasteiger partial charge in [-0.2, -0.15) is 0 Å². The number of aromatic amines is 1. The Morgan fingerprint density at radius 1 is 1.62 bits per heavy atom. The lowest BCUT2D eigenvalue weighted by Crippen LogP contribution is -2.44. The summed E-state index contributed by atoms with van der Waals surface area (Å²) in [6, 6.07) is 0. The van der Waals surface area contributed by atoms with E-state index < -0.39 is 36.2 Å². The molecule has 0 unspecified atom stereocenters. The standard InChI is InChI=1S/C11H13ClN4O5/c1-11(20)6(18)4(2-17)21-9(11)16-7-5(15-10(16)12)8(19)14-3-13-7/h3-4,6,9,17-18,20H,2H2,1H3,(H,13,14,19)/t4-,6-,9-,11-/m1/s1. The summed E-state index contributed by atoms with van der Waals surface area (Å²) in [6.45, 7) is 0.861. The first-order valence-electron chi connectivity index (χ1n) is 6.15. The average Bonchev–Trinajstić information content (AvgIpc) is 2.87. The van der Waals surface area contributed by atoms with Crippen molar-refractivity contribution in [1.82, 2.24) is 19.5 Å². The van der Waals surface area contributed by atoms with E-state index in [2.05, 4.69) is 15.0 Å². The number of nitrogens with one attached hydrogen (secondary N) is 1. The van der Waals surface area contributed by atoms with Crippen molar-refractivity contribution in [2.45, 2.75) is 31.0 Å². The van der Waals surface area contributed by atoms with Crippen LogP contribution in [-0.2, 0) is 4.74 Å². The molecule has 2 aromatic rings. The summed E-state index contributed by atoms with van der Waals surface area (Å²) >= 11 is 6.01. The fourth-order valence-electron chi connectivity index (χ4n) is 2.47. The minimum atomic E-state index is -1.74. The monoisotopic (exact) mass is 316 g/mol. The number of aliphatic hydroxyl groups is 3. The molecule has 4 atom stereocenters. The molecule has 1 saturated heterocycles. The van der Waals surface area contributed by atoms with Crippen molar-refractivity contribution in [1.29, 1.82) is 0 Å². The zero-order valence-electron chi connectivity index (χ0n) is 10.9. The second-order valence-electron chi connectivity index (χ2n) is 5.03. The minimum Gasteiger partial charge on any atom is -0.394 e. The molecule has 0 radical (unpaired) electrons. The van der Waals surface area contributed by atoms with Gasteiger partial charge in [0.15, 0.2) is 17.4 Å². The Hall–Kier alpha value is -1.52. The van der Waals surface area contributed by atoms with Crippen LogP contribution >= 0.6 is 11.6 Å². The van der Waals surface area contributed by atoms with Gasteiger partial charge in [-0.1, -0.05) is 0 Å². The Labute approximate surface area is 122 Å². The van der Waals surface area contributed by atoms with Gasteiger partial charge in [0.25, 0.3) is 5.56 Å². The summed E-state index contributed by atoms with van der Waals surface area (Å²) in [7, 11) is 0. The smallest absolute Gasteiger partial charge is 0.278 e. The van der Waals surface area contributed by atoms with Crippen molar-refractivity contribution < 1.29 is 20.1 Å². The van der Waals surface area contributed by atoms with Crippen molar-refractivity contribution in [3.05, 3.63) is 22.0 Å². The van der Waals surface area contributed by atoms with Gasteiger partial charge >= 0.3 is 0 Å². The van der Waals surface area contributed by atoms with Gasteiger partial charge in [0.05, 0.1) is 12.9 Å². The van der Waals surface area contributed by atoms with Crippen LogP contribution in [0.25, 0.3) is 11.2 Å². The zero-order valence-corrected chi connectivity index (χ0v) is 11.7. The van der Waals surface area contributed by atoms with Crippen LogP contribution < -0.4 is 5.56 Å². The van der Waals surface area contributed by atoms with E-state index in [4.69, 9.17) is 16.3 Å². The molecule has 21 heavy (non-hydrogen) atoms. The van der Waals surface area contributed by atoms with Gasteiger partial charge in [0, 0.05) is 0 Å². The maximum atomic E-state index is 11.7. The fraction of sp³-hybridized carbons (Fsp3) is 0.545. The molecular weight excluding hydrogens is 304 g/mol. The molecule has 0 aliphatic carbocycles. The quantitative estimate of drug-likeness (QED) is 0.510. The molecule has 3 rings (SSSR count). The molecule has 10 heteroatoms. The molecule has 9 nitrogen and oxygen atoms in total. The summed E-state index contributed by atoms with van der Waals surface area (Å²) in [5.74, 6) is 0. The molecule has 1 aliphatic rings. The van der Waals surface area contributed by atoms with Gasteiger partial charge in [-0.3, -0.25) is 9.36 Å². The third-order valence-electron chi connectivity index (χ3n) is 3.61. The maximum absolute atomic E-state index is 11.7. The van der Waals surface area contributed by atoms with E-state index in [-0.39, 0.29) is 16.4 Å². The van der Waals surface area contributed by atoms with E-state index in [0.29, 0.717) is 0 Å². The molecule has 3 heterocycles. The highest BCUT2D eigenvalue weighted by Crippen LogP contribution is 2.40. The average molecular weight is 317 g/mol. The number of hydrogen-bond donors (Lipinski definition) is 4. The van der Waals surface area contributed by atoms with Gasteiger partial charge in [0.1, 0.15) is 17.8 Å². The number of H-pyrrole nitrogens is 1. The number of nitrogens with zero attached hydrogens (tertiary/aromatic N) is 3. The van der Waals surface area contributed by atoms with E-state index in [0.717, 1.165) is 0 Å². The van der Waals surface area contributed by atoms with Crippen LogP contribution in [0, 0.1) is 0 Å². The largest absolute Gasteiger partial charge is 0.394 e. The van der Waals surface area contributed by atoms with Crippen LogP contribution in [0.15, 0.2) is 11.1 Å². The first-order chi connectivity index (χ1) is 9.87. The van der Waals surface area contributed by atoms with Crippen LogP contribution in [0.4, 0.5) is 0 Å². The van der Waals surface area contributed by atoms with Crippen molar-refractivity contribution in [2.24, 2.45) is 0 Å². The van der Waals surface area contributed by atoms with E-state index in [1.54, 1.807) is 0 Å². The predicted octanol–water partition coefficient (Wildman–Crippen LogP) is -1.23. The number of rotatable bonds is 2. The Morgan fingerprint density at radius 2 is 2.33 bits per heavy atom. The lowest BCUT2D eigenvalue weighted by Gasteiger charge is -2.27. The van der Waals surface area contributed by atoms with E-state index in [1.807, 2.05) is 0 Å². The normalized spacial score (nSPS) is 32.9. The number of ether oxygens (including phenoxy) is 1. The minimum absolute atomic E-state index is 0.0103. The summed E-state index contributed by atoms with van der Waals surface area (Å²) in [6.07, 6.45) is -2.29. The third-order valence-corrected chi connectivity index (χ3v) is 3.88. The summed E-state index contributed by atoms with van der Waals surface area (Å²) in [4.78, 5) is 21.9. The number of halogens is 1. The fourth-order valence-corrected chi connectivity index (χ4v) is 2.72. The van der Waals surface area contributed by atoms with Gasteiger partial charge in [-0.05, 0) is 18.5 Å². The predicted molar refractivity (Wildman–Crippen MR) is 70.8 cm³/mol. The topological polar surface area (TPSA) is 133 Å². The molecule has 0 amide bonds. The van der Waals surface area contributed by atoms with Crippen LogP contribution in [0.2, 0.25) is 5.28 Å². The maximum Gasteiger partial charge on any atom is 0.278 e. The molecule has 4 N–H and O–H groups in total. The molecule has 1 fully saturated rings. The van der Waals surface area contributed by atoms with Crippen molar-refractivity contribution in [2.75, 3.05) is 6.61 Å². The highest BCUT2D eigenvalue weighted by molar-refractivity contribution is 6.29. The summed E-state index contributed by atoms with van der Waals surface area (Å²) in [5, 5.41) is 29.5. The molecule has 2 aromatic heterocycles. The van der Waals surface area contributed by atoms with Gasteiger partial charge in [-0.25, -0.2) is 9.97 Å². The van der Waals surface area contributed by atoms with E-state index in [9.17, 15) is 20.1 Å². The third kappa shape index (κ3) is 1.97. The zero-order chi connectivity index (χ0) is 15.4. The second-order valence-corrected chi connectivity index (χ2v) is 5.37. The number of aromatic nitrogens is 4. The van der Waals surface area contributed by atoms with Gasteiger partial charge < -0.3 is 25.0 Å². The highest BCUT2D eigenvalue weighted by Gasteiger charge is 2.53. The van der Waals surface area contributed by atoms with E-state index >= 15 is 0 Å². The van der Waals surface area contributed by atoms with Crippen molar-refractivity contribution >= 4 is 22.8 Å². The van der Waals surface area contributed by atoms with Gasteiger partial charge in [0.2, 0.25) is 5.28 Å². The lowest BCUT2D eigenvalue weighted by atomic mass is 9.96. The van der Waals surface area contributed by atoms with Crippen molar-refractivity contribution in [3.8, 4) is 0 Å². The van der Waals surface area contributed by atoms with Crippen LogP contribution in [0.3, 0.4) is 0 Å². The molecule has 1 aliphatic heterocycles. The molecule has 0 aromatic carbocycles. The summed E-state index contributed by atoms with van der Waals surface area (Å²) < 4.78 is 6.66.